The summed E-state index contributed by atoms with van der Waals surface area (Å²) in [6.45, 7) is 0. The van der Waals surface area contributed by atoms with E-state index in [-0.39, 0.29) is 11.5 Å². The van der Waals surface area contributed by atoms with Crippen molar-refractivity contribution in [1.82, 2.24) is 14.5 Å². The molecular formula is C15H16N4O2. The Hall–Kier alpha value is -2.50. The number of hydrogen-bond donors (Lipinski definition) is 1. The highest BCUT2D eigenvalue weighted by Crippen LogP contribution is 2.19. The number of amides is 1. The molecule has 0 bridgehead atoms. The third-order valence-corrected chi connectivity index (χ3v) is 3.64. The fourth-order valence-corrected chi connectivity index (χ4v) is 2.44. The molecular weight excluding hydrogens is 268 g/mol. The van der Waals surface area contributed by atoms with E-state index in [0.717, 1.165) is 25.0 Å². The predicted octanol–water partition coefficient (Wildman–Crippen LogP) is 1.31. The van der Waals surface area contributed by atoms with Crippen molar-refractivity contribution >= 4 is 11.9 Å². The fourth-order valence-electron chi connectivity index (χ4n) is 2.44. The number of hydrogen-bond acceptors (Lipinski definition) is 4. The summed E-state index contributed by atoms with van der Waals surface area (Å²) < 4.78 is 1.36. The summed E-state index contributed by atoms with van der Waals surface area (Å²) in [6, 6.07) is 2.86. The SMILES string of the molecule is Cn1cc(C(=O)Nc2ncc3c(n2)CCCC3)ccc1=O. The van der Waals surface area contributed by atoms with Gasteiger partial charge in [-0.2, -0.15) is 0 Å². The topological polar surface area (TPSA) is 76.9 Å². The number of anilines is 1. The molecule has 0 atom stereocenters. The van der Waals surface area contributed by atoms with Gasteiger partial charge in [0, 0.05) is 31.2 Å². The van der Waals surface area contributed by atoms with Crippen molar-refractivity contribution in [1.29, 1.82) is 0 Å². The molecule has 0 saturated carbocycles. The standard InChI is InChI=1S/C15H16N4O2/c1-19-9-11(6-7-13(19)20)14(21)18-15-16-8-10-4-2-3-5-12(10)17-15/h6-9H,2-5H2,1H3,(H,16,17,18,21). The maximum atomic E-state index is 12.1. The van der Waals surface area contributed by atoms with E-state index in [1.165, 1.54) is 34.9 Å². The van der Waals surface area contributed by atoms with Crippen molar-refractivity contribution in [2.45, 2.75) is 25.7 Å². The normalized spacial score (nSPS) is 13.6. The van der Waals surface area contributed by atoms with E-state index in [4.69, 9.17) is 0 Å². The quantitative estimate of drug-likeness (QED) is 0.902. The van der Waals surface area contributed by atoms with Gasteiger partial charge in [-0.1, -0.05) is 0 Å². The zero-order chi connectivity index (χ0) is 14.8. The highest BCUT2D eigenvalue weighted by Gasteiger charge is 2.14. The maximum absolute atomic E-state index is 12.1. The first-order valence-corrected chi connectivity index (χ1v) is 6.96. The van der Waals surface area contributed by atoms with E-state index in [2.05, 4.69) is 15.3 Å². The van der Waals surface area contributed by atoms with Crippen LogP contribution < -0.4 is 10.9 Å². The van der Waals surface area contributed by atoms with Gasteiger partial charge in [-0.15, -0.1) is 0 Å². The van der Waals surface area contributed by atoms with Gasteiger partial charge in [-0.3, -0.25) is 14.9 Å². The van der Waals surface area contributed by atoms with E-state index < -0.39 is 0 Å². The molecule has 0 spiro atoms. The lowest BCUT2D eigenvalue weighted by Gasteiger charge is -2.14. The molecule has 1 aliphatic rings. The number of rotatable bonds is 2. The van der Waals surface area contributed by atoms with Gasteiger partial charge in [0.2, 0.25) is 11.5 Å². The summed E-state index contributed by atoms with van der Waals surface area (Å²) in [5.41, 5.74) is 2.43. The van der Waals surface area contributed by atoms with Crippen LogP contribution in [0.25, 0.3) is 0 Å². The lowest BCUT2D eigenvalue weighted by atomic mass is 9.98. The van der Waals surface area contributed by atoms with Crippen molar-refractivity contribution in [2.75, 3.05) is 5.32 Å². The van der Waals surface area contributed by atoms with Crippen LogP contribution >= 0.6 is 0 Å². The van der Waals surface area contributed by atoms with Crippen molar-refractivity contribution in [3.05, 3.63) is 51.7 Å². The molecule has 0 radical (unpaired) electrons. The van der Waals surface area contributed by atoms with Crippen LogP contribution in [0.1, 0.15) is 34.5 Å². The van der Waals surface area contributed by atoms with Crippen LogP contribution in [0, 0.1) is 0 Å². The molecule has 1 amide bonds. The number of nitrogens with zero attached hydrogens (tertiary/aromatic N) is 3. The molecule has 0 fully saturated rings. The van der Waals surface area contributed by atoms with Gasteiger partial charge in [-0.05, 0) is 37.3 Å². The van der Waals surface area contributed by atoms with Gasteiger partial charge in [0.15, 0.2) is 0 Å². The summed E-state index contributed by atoms with van der Waals surface area (Å²) in [6.07, 6.45) is 7.51. The monoisotopic (exact) mass is 284 g/mol. The van der Waals surface area contributed by atoms with Crippen molar-refractivity contribution in [3.8, 4) is 0 Å². The van der Waals surface area contributed by atoms with Gasteiger partial charge < -0.3 is 4.57 Å². The molecule has 108 valence electrons. The molecule has 0 unspecified atom stereocenters. The number of nitrogens with one attached hydrogen (secondary N) is 1. The average molecular weight is 284 g/mol. The zero-order valence-electron chi connectivity index (χ0n) is 11.8. The van der Waals surface area contributed by atoms with Gasteiger partial charge in [-0.25, -0.2) is 9.97 Å². The third kappa shape index (κ3) is 2.84. The Labute approximate surface area is 121 Å². The second-order valence-electron chi connectivity index (χ2n) is 5.19. The molecule has 1 N–H and O–H groups in total. The fraction of sp³-hybridized carbons (Fsp3) is 0.333. The van der Waals surface area contributed by atoms with Crippen molar-refractivity contribution in [3.63, 3.8) is 0 Å². The van der Waals surface area contributed by atoms with E-state index in [9.17, 15) is 9.59 Å². The van der Waals surface area contributed by atoms with Gasteiger partial charge in [0.25, 0.3) is 5.91 Å². The summed E-state index contributed by atoms with van der Waals surface area (Å²) in [5.74, 6) is -0.00383. The maximum Gasteiger partial charge on any atom is 0.259 e. The molecule has 1 aliphatic carbocycles. The minimum atomic E-state index is -0.318. The molecule has 2 aromatic heterocycles. The molecule has 3 rings (SSSR count). The van der Waals surface area contributed by atoms with E-state index in [1.807, 2.05) is 0 Å². The Morgan fingerprint density at radius 1 is 1.29 bits per heavy atom. The van der Waals surface area contributed by atoms with E-state index >= 15 is 0 Å². The Morgan fingerprint density at radius 3 is 2.90 bits per heavy atom. The lowest BCUT2D eigenvalue weighted by Crippen LogP contribution is -2.20. The summed E-state index contributed by atoms with van der Waals surface area (Å²) in [4.78, 5) is 32.1. The van der Waals surface area contributed by atoms with Crippen molar-refractivity contribution in [2.24, 2.45) is 7.05 Å². The summed E-state index contributed by atoms with van der Waals surface area (Å²) in [7, 11) is 1.61. The molecule has 6 nitrogen and oxygen atoms in total. The third-order valence-electron chi connectivity index (χ3n) is 3.64. The molecule has 6 heteroatoms. The molecule has 2 heterocycles. The van der Waals surface area contributed by atoms with E-state index in [0.29, 0.717) is 11.5 Å². The van der Waals surface area contributed by atoms with Crippen LogP contribution in [0.15, 0.2) is 29.3 Å². The number of carbonyl (C=O) groups excluding carboxylic acids is 1. The highest BCUT2D eigenvalue weighted by atomic mass is 16.2. The Bertz CT molecular complexity index is 752. The van der Waals surface area contributed by atoms with Crippen LogP contribution in [-0.2, 0) is 19.9 Å². The van der Waals surface area contributed by atoms with Crippen LogP contribution in [0.5, 0.6) is 0 Å². The minimum absolute atomic E-state index is 0.156. The second kappa shape index (κ2) is 5.47. The number of pyridine rings is 1. The number of fused-ring (bicyclic) bond motifs is 1. The number of carbonyl (C=O) groups is 1. The van der Waals surface area contributed by atoms with Crippen LogP contribution in [0.3, 0.4) is 0 Å². The predicted molar refractivity (Wildman–Crippen MR) is 78.3 cm³/mol. The first kappa shape index (κ1) is 13.5. The Morgan fingerprint density at radius 2 is 2.10 bits per heavy atom. The van der Waals surface area contributed by atoms with Gasteiger partial charge in [0.05, 0.1) is 5.56 Å². The van der Waals surface area contributed by atoms with Crippen LogP contribution in [0.2, 0.25) is 0 Å². The molecule has 0 aromatic carbocycles. The van der Waals surface area contributed by atoms with Crippen LogP contribution in [-0.4, -0.2) is 20.4 Å². The molecule has 0 saturated heterocycles. The number of aromatic nitrogens is 3. The molecule has 21 heavy (non-hydrogen) atoms. The molecule has 0 aliphatic heterocycles. The summed E-state index contributed by atoms with van der Waals surface area (Å²) >= 11 is 0. The minimum Gasteiger partial charge on any atom is -0.318 e. The largest absolute Gasteiger partial charge is 0.318 e. The van der Waals surface area contributed by atoms with Crippen molar-refractivity contribution < 1.29 is 4.79 Å². The first-order valence-electron chi connectivity index (χ1n) is 6.96. The Kier molecular flexibility index (Phi) is 3.51. The smallest absolute Gasteiger partial charge is 0.259 e. The van der Waals surface area contributed by atoms with Crippen LogP contribution in [0.4, 0.5) is 5.95 Å². The highest BCUT2D eigenvalue weighted by molar-refractivity contribution is 6.03. The zero-order valence-corrected chi connectivity index (χ0v) is 11.8. The van der Waals surface area contributed by atoms with Gasteiger partial charge in [0.1, 0.15) is 0 Å². The lowest BCUT2D eigenvalue weighted by molar-refractivity contribution is 0.102. The first-order chi connectivity index (χ1) is 10.1. The van der Waals surface area contributed by atoms with E-state index in [1.54, 1.807) is 13.2 Å². The molecule has 2 aromatic rings. The second-order valence-corrected chi connectivity index (χ2v) is 5.19. The number of aryl methyl sites for hydroxylation is 3. The Balaban J connectivity index is 1.81. The summed E-state index contributed by atoms with van der Waals surface area (Å²) in [5, 5.41) is 2.68. The average Bonchev–Trinajstić information content (AvgIpc) is 2.50. The van der Waals surface area contributed by atoms with Gasteiger partial charge >= 0.3 is 0 Å².